The topological polar surface area (TPSA) is 106 Å². The minimum Gasteiger partial charge on any atom is -0.391 e. The van der Waals surface area contributed by atoms with E-state index in [0.29, 0.717) is 23.1 Å². The SMILES string of the molecule is CC[C@@H](O)Cn1nc(-c2ccc(Cl)cc2)nc1Cn1ccc(=O)[nH]c1=O. The summed E-state index contributed by atoms with van der Waals surface area (Å²) in [5.74, 6) is 0.967. The van der Waals surface area contributed by atoms with Crippen molar-refractivity contribution < 1.29 is 5.11 Å². The van der Waals surface area contributed by atoms with Gasteiger partial charge in [0.1, 0.15) is 5.82 Å². The molecule has 0 aliphatic rings. The standard InChI is InChI=1S/C17H18ClN5O3/c1-2-13(24)9-23-14(10-22-8-7-15(25)20-17(22)26)19-16(21-23)11-3-5-12(18)6-4-11/h3-8,13,24H,2,9-10H2,1H3,(H,20,25,26)/t13-/m1/s1. The van der Waals surface area contributed by atoms with Crippen LogP contribution in [0.15, 0.2) is 46.1 Å². The van der Waals surface area contributed by atoms with Gasteiger partial charge in [0.25, 0.3) is 5.56 Å². The highest BCUT2D eigenvalue weighted by Crippen LogP contribution is 2.19. The zero-order valence-corrected chi connectivity index (χ0v) is 14.8. The molecule has 0 fully saturated rings. The van der Waals surface area contributed by atoms with Crippen molar-refractivity contribution in [2.24, 2.45) is 0 Å². The molecule has 0 aliphatic heterocycles. The number of hydrogen-bond donors (Lipinski definition) is 2. The van der Waals surface area contributed by atoms with Gasteiger partial charge in [-0.1, -0.05) is 18.5 Å². The first kappa shape index (κ1) is 18.1. The van der Waals surface area contributed by atoms with Gasteiger partial charge in [0.05, 0.1) is 19.2 Å². The molecule has 0 saturated heterocycles. The van der Waals surface area contributed by atoms with Crippen LogP contribution in [0.2, 0.25) is 5.02 Å². The van der Waals surface area contributed by atoms with Crippen LogP contribution in [0.25, 0.3) is 11.4 Å². The number of H-pyrrole nitrogens is 1. The molecule has 3 rings (SSSR count). The van der Waals surface area contributed by atoms with Crippen LogP contribution in [0.5, 0.6) is 0 Å². The Labute approximate surface area is 153 Å². The van der Waals surface area contributed by atoms with Crippen LogP contribution in [0.1, 0.15) is 19.2 Å². The van der Waals surface area contributed by atoms with E-state index in [2.05, 4.69) is 15.1 Å². The summed E-state index contributed by atoms with van der Waals surface area (Å²) in [5, 5.41) is 15.0. The monoisotopic (exact) mass is 375 g/mol. The van der Waals surface area contributed by atoms with Crippen molar-refractivity contribution in [3.05, 3.63) is 68.2 Å². The van der Waals surface area contributed by atoms with E-state index >= 15 is 0 Å². The van der Waals surface area contributed by atoms with Gasteiger partial charge in [-0.05, 0) is 30.7 Å². The maximum absolute atomic E-state index is 11.9. The molecule has 0 spiro atoms. The van der Waals surface area contributed by atoms with Gasteiger partial charge in [-0.3, -0.25) is 14.3 Å². The third-order valence-electron chi connectivity index (χ3n) is 3.91. The lowest BCUT2D eigenvalue weighted by Crippen LogP contribution is -2.30. The Morgan fingerprint density at radius 1 is 1.23 bits per heavy atom. The number of benzene rings is 1. The predicted octanol–water partition coefficient (Wildman–Crippen LogP) is 1.27. The number of aliphatic hydroxyl groups excluding tert-OH is 1. The first-order chi connectivity index (χ1) is 12.5. The molecule has 136 valence electrons. The van der Waals surface area contributed by atoms with Crippen molar-refractivity contribution in [3.8, 4) is 11.4 Å². The number of halogens is 1. The minimum absolute atomic E-state index is 0.118. The maximum atomic E-state index is 11.9. The molecular weight excluding hydrogens is 358 g/mol. The number of nitrogens with one attached hydrogen (secondary N) is 1. The second-order valence-corrected chi connectivity index (χ2v) is 6.28. The first-order valence-electron chi connectivity index (χ1n) is 8.13. The van der Waals surface area contributed by atoms with Gasteiger partial charge in [0, 0.05) is 22.8 Å². The molecule has 2 heterocycles. The number of aliphatic hydroxyl groups is 1. The largest absolute Gasteiger partial charge is 0.391 e. The van der Waals surface area contributed by atoms with Crippen LogP contribution < -0.4 is 11.2 Å². The van der Waals surface area contributed by atoms with Crippen molar-refractivity contribution in [1.29, 1.82) is 0 Å². The second-order valence-electron chi connectivity index (χ2n) is 5.84. The predicted molar refractivity (Wildman–Crippen MR) is 97.2 cm³/mol. The molecule has 9 heteroatoms. The molecule has 0 unspecified atom stereocenters. The summed E-state index contributed by atoms with van der Waals surface area (Å²) in [5.41, 5.74) is -0.221. The Bertz CT molecular complexity index is 1010. The molecule has 2 N–H and O–H groups in total. The van der Waals surface area contributed by atoms with Crippen LogP contribution in [0.3, 0.4) is 0 Å². The molecule has 26 heavy (non-hydrogen) atoms. The average molecular weight is 376 g/mol. The highest BCUT2D eigenvalue weighted by Gasteiger charge is 2.15. The lowest BCUT2D eigenvalue weighted by Gasteiger charge is -2.10. The van der Waals surface area contributed by atoms with Crippen molar-refractivity contribution in [1.82, 2.24) is 24.3 Å². The van der Waals surface area contributed by atoms with E-state index in [-0.39, 0.29) is 13.1 Å². The first-order valence-corrected chi connectivity index (χ1v) is 8.51. The van der Waals surface area contributed by atoms with E-state index in [4.69, 9.17) is 11.6 Å². The fourth-order valence-electron chi connectivity index (χ4n) is 2.41. The maximum Gasteiger partial charge on any atom is 0.328 e. The summed E-state index contributed by atoms with van der Waals surface area (Å²) in [6.07, 6.45) is 1.38. The summed E-state index contributed by atoms with van der Waals surface area (Å²) >= 11 is 5.91. The smallest absolute Gasteiger partial charge is 0.328 e. The Balaban J connectivity index is 1.99. The molecule has 1 aromatic carbocycles. The van der Waals surface area contributed by atoms with E-state index in [1.165, 1.54) is 16.8 Å². The van der Waals surface area contributed by atoms with Gasteiger partial charge >= 0.3 is 5.69 Å². The van der Waals surface area contributed by atoms with Gasteiger partial charge in [0.15, 0.2) is 5.82 Å². The molecule has 0 radical (unpaired) electrons. The number of aromatic nitrogens is 5. The molecule has 8 nitrogen and oxygen atoms in total. The van der Waals surface area contributed by atoms with Crippen LogP contribution >= 0.6 is 11.6 Å². The van der Waals surface area contributed by atoms with Gasteiger partial charge in [-0.2, -0.15) is 5.10 Å². The van der Waals surface area contributed by atoms with Crippen molar-refractivity contribution in [2.45, 2.75) is 32.5 Å². The van der Waals surface area contributed by atoms with Gasteiger partial charge in [-0.15, -0.1) is 0 Å². The van der Waals surface area contributed by atoms with Crippen LogP contribution in [-0.2, 0) is 13.1 Å². The molecule has 1 atom stereocenters. The highest BCUT2D eigenvalue weighted by molar-refractivity contribution is 6.30. The van der Waals surface area contributed by atoms with Crippen LogP contribution in [0.4, 0.5) is 0 Å². The van der Waals surface area contributed by atoms with E-state index in [1.54, 1.807) is 28.9 Å². The quantitative estimate of drug-likeness (QED) is 0.674. The molecule has 0 aliphatic carbocycles. The van der Waals surface area contributed by atoms with Gasteiger partial charge < -0.3 is 5.11 Å². The fraction of sp³-hybridized carbons (Fsp3) is 0.294. The summed E-state index contributed by atoms with van der Waals surface area (Å²) in [6.45, 7) is 2.24. The van der Waals surface area contributed by atoms with Gasteiger partial charge in [0.2, 0.25) is 0 Å². The molecule has 2 aromatic heterocycles. The molecule has 0 bridgehead atoms. The number of rotatable bonds is 6. The fourth-order valence-corrected chi connectivity index (χ4v) is 2.53. The lowest BCUT2D eigenvalue weighted by atomic mass is 10.2. The summed E-state index contributed by atoms with van der Waals surface area (Å²) in [6, 6.07) is 8.35. The molecule has 0 saturated carbocycles. The average Bonchev–Trinajstić information content (AvgIpc) is 3.00. The van der Waals surface area contributed by atoms with Crippen LogP contribution in [-0.4, -0.2) is 35.5 Å². The summed E-state index contributed by atoms with van der Waals surface area (Å²) in [4.78, 5) is 29.9. The minimum atomic E-state index is -0.583. The lowest BCUT2D eigenvalue weighted by molar-refractivity contribution is 0.143. The molecule has 3 aromatic rings. The Morgan fingerprint density at radius 2 is 1.96 bits per heavy atom. The second kappa shape index (κ2) is 7.67. The zero-order chi connectivity index (χ0) is 18.7. The van der Waals surface area contributed by atoms with E-state index in [1.807, 2.05) is 6.92 Å². The van der Waals surface area contributed by atoms with Crippen molar-refractivity contribution in [3.63, 3.8) is 0 Å². The Morgan fingerprint density at radius 3 is 2.62 bits per heavy atom. The normalized spacial score (nSPS) is 12.3. The summed E-state index contributed by atoms with van der Waals surface area (Å²) in [7, 11) is 0. The Kier molecular flexibility index (Phi) is 5.34. The molecule has 0 amide bonds. The number of nitrogens with zero attached hydrogens (tertiary/aromatic N) is 4. The van der Waals surface area contributed by atoms with E-state index in [9.17, 15) is 14.7 Å². The highest BCUT2D eigenvalue weighted by atomic mass is 35.5. The third-order valence-corrected chi connectivity index (χ3v) is 4.17. The van der Waals surface area contributed by atoms with Gasteiger partial charge in [-0.25, -0.2) is 14.5 Å². The van der Waals surface area contributed by atoms with Crippen molar-refractivity contribution >= 4 is 11.6 Å². The third kappa shape index (κ3) is 4.09. The van der Waals surface area contributed by atoms with Crippen molar-refractivity contribution in [2.75, 3.05) is 0 Å². The zero-order valence-electron chi connectivity index (χ0n) is 14.1. The van der Waals surface area contributed by atoms with E-state index < -0.39 is 17.4 Å². The van der Waals surface area contributed by atoms with Crippen LogP contribution in [0, 0.1) is 0 Å². The Hall–Kier alpha value is -2.71. The number of aromatic amines is 1. The van der Waals surface area contributed by atoms with E-state index in [0.717, 1.165) is 5.56 Å². The summed E-state index contributed by atoms with van der Waals surface area (Å²) < 4.78 is 2.90. The molecular formula is C17H18ClN5O3. The number of hydrogen-bond acceptors (Lipinski definition) is 5.